The van der Waals surface area contributed by atoms with Crippen molar-refractivity contribution in [1.82, 2.24) is 9.55 Å². The Morgan fingerprint density at radius 3 is 3.00 bits per heavy atom. The van der Waals surface area contributed by atoms with E-state index in [0.29, 0.717) is 17.4 Å². The van der Waals surface area contributed by atoms with Crippen LogP contribution >= 0.6 is 23.1 Å². The van der Waals surface area contributed by atoms with Gasteiger partial charge in [-0.2, -0.15) is 0 Å². The first kappa shape index (κ1) is 19.7. The highest BCUT2D eigenvalue weighted by atomic mass is 32.2. The molecule has 0 saturated heterocycles. The fourth-order valence-corrected chi connectivity index (χ4v) is 5.64. The molecule has 0 aliphatic heterocycles. The summed E-state index contributed by atoms with van der Waals surface area (Å²) in [5.74, 6) is -0.0369. The number of anilines is 1. The second-order valence-corrected chi connectivity index (χ2v) is 8.90. The Balaban J connectivity index is 1.60. The third-order valence-electron chi connectivity index (χ3n) is 4.81. The average molecular weight is 428 g/mol. The van der Waals surface area contributed by atoms with Gasteiger partial charge in [0.25, 0.3) is 5.56 Å². The number of carbonyl (C=O) groups excluding carboxylic acids is 1. The molecule has 0 atom stereocenters. The van der Waals surface area contributed by atoms with Crippen LogP contribution in [0.3, 0.4) is 0 Å². The molecule has 0 fully saturated rings. The van der Waals surface area contributed by atoms with Gasteiger partial charge in [-0.3, -0.25) is 14.2 Å². The lowest BCUT2D eigenvalue weighted by atomic mass is 9.97. The van der Waals surface area contributed by atoms with E-state index in [0.717, 1.165) is 41.5 Å². The van der Waals surface area contributed by atoms with Gasteiger partial charge in [0, 0.05) is 23.2 Å². The Hall–Kier alpha value is -2.58. The van der Waals surface area contributed by atoms with Crippen molar-refractivity contribution >= 4 is 44.9 Å². The number of thiophene rings is 1. The third kappa shape index (κ3) is 4.09. The zero-order chi connectivity index (χ0) is 20.4. The van der Waals surface area contributed by atoms with E-state index in [1.165, 1.54) is 28.8 Å². The number of nitrogens with zero attached hydrogens (tertiary/aromatic N) is 2. The quantitative estimate of drug-likeness (QED) is 0.353. The van der Waals surface area contributed by atoms with Crippen LogP contribution in [0.2, 0.25) is 0 Å². The minimum atomic E-state index is -0.231. The maximum Gasteiger partial charge on any atom is 0.263 e. The molecule has 0 bridgehead atoms. The minimum absolute atomic E-state index is 0.0508. The Morgan fingerprint density at radius 1 is 1.38 bits per heavy atom. The van der Waals surface area contributed by atoms with E-state index in [9.17, 15) is 14.7 Å². The predicted octanol–water partition coefficient (Wildman–Crippen LogP) is 3.96. The highest BCUT2D eigenvalue weighted by molar-refractivity contribution is 7.99. The first-order valence-electron chi connectivity index (χ1n) is 9.44. The van der Waals surface area contributed by atoms with E-state index >= 15 is 0 Å². The maximum absolute atomic E-state index is 13.2. The van der Waals surface area contributed by atoms with Crippen LogP contribution in [0.4, 0.5) is 5.69 Å². The molecule has 4 rings (SSSR count). The smallest absolute Gasteiger partial charge is 0.263 e. The number of aromatic nitrogens is 2. The number of benzene rings is 1. The molecule has 0 unspecified atom stereocenters. The molecule has 1 aromatic carbocycles. The number of allylic oxidation sites excluding steroid dienone is 1. The summed E-state index contributed by atoms with van der Waals surface area (Å²) in [4.78, 5) is 32.3. The zero-order valence-electron chi connectivity index (χ0n) is 15.8. The molecule has 0 radical (unpaired) electrons. The van der Waals surface area contributed by atoms with Crippen molar-refractivity contribution in [2.75, 3.05) is 11.1 Å². The van der Waals surface area contributed by atoms with Crippen LogP contribution in [0.15, 0.2) is 46.9 Å². The van der Waals surface area contributed by atoms with Gasteiger partial charge in [-0.15, -0.1) is 17.9 Å². The second-order valence-electron chi connectivity index (χ2n) is 6.88. The average Bonchev–Trinajstić information content (AvgIpc) is 3.07. The first-order chi connectivity index (χ1) is 14.1. The Labute approximate surface area is 176 Å². The van der Waals surface area contributed by atoms with Gasteiger partial charge >= 0.3 is 0 Å². The lowest BCUT2D eigenvalue weighted by Crippen LogP contribution is -2.24. The Morgan fingerprint density at radius 2 is 2.21 bits per heavy atom. The molecular formula is C21H21N3O3S2. The summed E-state index contributed by atoms with van der Waals surface area (Å²) >= 11 is 2.83. The molecule has 1 amide bonds. The number of rotatable bonds is 6. The number of carbonyl (C=O) groups is 1. The topological polar surface area (TPSA) is 84.2 Å². The van der Waals surface area contributed by atoms with Gasteiger partial charge < -0.3 is 10.4 Å². The SMILES string of the molecule is C=CCn1c(SCC(=O)Nc2cccc(O)c2)nc2sc3c(c2c1=O)CCCC3. The molecule has 1 aliphatic rings. The molecule has 3 aromatic rings. The molecule has 2 heterocycles. The van der Waals surface area contributed by atoms with Gasteiger partial charge in [0.15, 0.2) is 5.16 Å². The highest BCUT2D eigenvalue weighted by Crippen LogP contribution is 2.34. The van der Waals surface area contributed by atoms with Crippen molar-refractivity contribution in [3.05, 3.63) is 57.7 Å². The number of nitrogens with one attached hydrogen (secondary N) is 1. The zero-order valence-corrected chi connectivity index (χ0v) is 17.4. The van der Waals surface area contributed by atoms with Crippen LogP contribution in [0.25, 0.3) is 10.2 Å². The minimum Gasteiger partial charge on any atom is -0.508 e. The van der Waals surface area contributed by atoms with Gasteiger partial charge in [0.1, 0.15) is 10.6 Å². The number of hydrogen-bond acceptors (Lipinski definition) is 6. The van der Waals surface area contributed by atoms with Crippen molar-refractivity contribution in [2.24, 2.45) is 0 Å². The van der Waals surface area contributed by atoms with Crippen molar-refractivity contribution in [3.8, 4) is 5.75 Å². The number of thioether (sulfide) groups is 1. The molecular weight excluding hydrogens is 406 g/mol. The van der Waals surface area contributed by atoms with E-state index in [2.05, 4.69) is 11.9 Å². The van der Waals surface area contributed by atoms with Crippen molar-refractivity contribution in [3.63, 3.8) is 0 Å². The Bertz CT molecular complexity index is 1150. The molecule has 2 aromatic heterocycles. The fraction of sp³-hybridized carbons (Fsp3) is 0.286. The molecule has 0 spiro atoms. The van der Waals surface area contributed by atoms with Gasteiger partial charge in [-0.1, -0.05) is 23.9 Å². The second kappa shape index (κ2) is 8.42. The highest BCUT2D eigenvalue weighted by Gasteiger charge is 2.22. The summed E-state index contributed by atoms with van der Waals surface area (Å²) in [6, 6.07) is 6.39. The third-order valence-corrected chi connectivity index (χ3v) is 6.98. The van der Waals surface area contributed by atoms with Gasteiger partial charge in [0.2, 0.25) is 5.91 Å². The monoisotopic (exact) mass is 427 g/mol. The number of phenolic OH excluding ortho intramolecular Hbond substituents is 1. The molecule has 8 heteroatoms. The van der Waals surface area contributed by atoms with Gasteiger partial charge in [-0.25, -0.2) is 4.98 Å². The molecule has 0 saturated carbocycles. The van der Waals surface area contributed by atoms with Crippen LogP contribution in [0, 0.1) is 0 Å². The largest absolute Gasteiger partial charge is 0.508 e. The Kier molecular flexibility index (Phi) is 5.73. The summed E-state index contributed by atoms with van der Waals surface area (Å²) in [6.07, 6.45) is 5.86. The van der Waals surface area contributed by atoms with Crippen molar-refractivity contribution < 1.29 is 9.90 Å². The van der Waals surface area contributed by atoms with Crippen LogP contribution < -0.4 is 10.9 Å². The molecule has 150 valence electrons. The molecule has 29 heavy (non-hydrogen) atoms. The number of aryl methyl sites for hydroxylation is 2. The number of amides is 1. The lowest BCUT2D eigenvalue weighted by molar-refractivity contribution is -0.113. The van der Waals surface area contributed by atoms with Gasteiger partial charge in [-0.05, 0) is 43.4 Å². The van der Waals surface area contributed by atoms with E-state index < -0.39 is 0 Å². The number of aromatic hydroxyl groups is 1. The molecule has 1 aliphatic carbocycles. The van der Waals surface area contributed by atoms with E-state index in [1.54, 1.807) is 34.1 Å². The molecule has 6 nitrogen and oxygen atoms in total. The number of hydrogen-bond donors (Lipinski definition) is 2. The summed E-state index contributed by atoms with van der Waals surface area (Å²) < 4.78 is 1.60. The van der Waals surface area contributed by atoms with E-state index in [-0.39, 0.29) is 23.0 Å². The molecule has 2 N–H and O–H groups in total. The van der Waals surface area contributed by atoms with Crippen LogP contribution in [0.5, 0.6) is 5.75 Å². The summed E-state index contributed by atoms with van der Waals surface area (Å²) in [5.41, 5.74) is 1.63. The van der Waals surface area contributed by atoms with Crippen molar-refractivity contribution in [2.45, 2.75) is 37.4 Å². The number of fused-ring (bicyclic) bond motifs is 3. The summed E-state index contributed by atoms with van der Waals surface area (Å²) in [5, 5.41) is 13.5. The van der Waals surface area contributed by atoms with Gasteiger partial charge in [0.05, 0.1) is 11.1 Å². The van der Waals surface area contributed by atoms with E-state index in [1.807, 2.05) is 0 Å². The van der Waals surface area contributed by atoms with Crippen LogP contribution in [-0.2, 0) is 24.2 Å². The van der Waals surface area contributed by atoms with Crippen LogP contribution in [-0.4, -0.2) is 26.3 Å². The summed E-state index contributed by atoms with van der Waals surface area (Å²) in [6.45, 7) is 4.11. The van der Waals surface area contributed by atoms with Crippen LogP contribution in [0.1, 0.15) is 23.3 Å². The lowest BCUT2D eigenvalue weighted by Gasteiger charge is -2.12. The first-order valence-corrected chi connectivity index (χ1v) is 11.2. The van der Waals surface area contributed by atoms with E-state index in [4.69, 9.17) is 4.98 Å². The maximum atomic E-state index is 13.2. The fourth-order valence-electron chi connectivity index (χ4n) is 3.53. The standard InChI is InChI=1S/C21H21N3O3S2/c1-2-10-24-20(27)18-15-8-3-4-9-16(15)29-19(18)23-21(24)28-12-17(26)22-13-6-5-7-14(25)11-13/h2,5-7,11,25H,1,3-4,8-10,12H2,(H,22,26). The van der Waals surface area contributed by atoms with Crippen molar-refractivity contribution in [1.29, 1.82) is 0 Å². The predicted molar refractivity (Wildman–Crippen MR) is 118 cm³/mol. The normalized spacial score (nSPS) is 13.2. The summed E-state index contributed by atoms with van der Waals surface area (Å²) in [7, 11) is 0. The number of phenols is 1.